The fraction of sp³-hybridized carbons (Fsp3) is 0. The van der Waals surface area contributed by atoms with Gasteiger partial charge in [0.1, 0.15) is 0 Å². The fourth-order valence-electron chi connectivity index (χ4n) is 0.507. The lowest BCUT2D eigenvalue weighted by Gasteiger charge is -1.83. The van der Waals surface area contributed by atoms with Crippen LogP contribution in [0.1, 0.15) is 0 Å². The van der Waals surface area contributed by atoms with E-state index < -0.39 is 11.4 Å². The molecular weight excluding hydrogens is 268 g/mol. The summed E-state index contributed by atoms with van der Waals surface area (Å²) in [6.07, 6.45) is 6.56. The Morgan fingerprint density at radius 2 is 1.00 bits per heavy atom. The van der Waals surface area contributed by atoms with E-state index >= 15 is 0 Å². The van der Waals surface area contributed by atoms with Gasteiger partial charge in [-0.05, 0) is 24.3 Å². The summed E-state index contributed by atoms with van der Waals surface area (Å²) in [6, 6.07) is 7.31. The van der Waals surface area contributed by atoms with Gasteiger partial charge in [-0.3, -0.25) is 0 Å². The molecule has 2 rings (SSSR count). The smallest absolute Gasteiger partial charge is 0.0814 e. The molecule has 0 amide bonds. The maximum atomic E-state index is 8.56. The molecule has 0 saturated heterocycles. The zero-order chi connectivity index (χ0) is 12.1. The van der Waals surface area contributed by atoms with Crippen LogP contribution in [0.3, 0.4) is 0 Å². The molecule has 0 saturated carbocycles. The molecule has 17 heavy (non-hydrogen) atoms. The minimum atomic E-state index is -2.86. The molecule has 0 aliphatic heterocycles. The lowest BCUT2D eigenvalue weighted by molar-refractivity contribution is 0.436. The van der Waals surface area contributed by atoms with E-state index in [4.69, 9.17) is 13.3 Å². The number of rotatable bonds is 0. The molecule has 0 aromatic carbocycles. The molecule has 2 aromatic heterocycles. The minimum Gasteiger partial charge on any atom is -0.750 e. The Labute approximate surface area is 107 Å². The Balaban J connectivity index is 0. The molecule has 2 heterocycles. The standard InChI is InChI=1S/2C4H4N2.ClH.H2O3S/c2*1-2-4-6-5-3-1;;1-4(2)3/h2*1-4H;1H;(H2,1,2,3)/p-1. The first kappa shape index (κ1) is 17.9. The van der Waals surface area contributed by atoms with Crippen molar-refractivity contribution in [3.8, 4) is 0 Å². The van der Waals surface area contributed by atoms with Gasteiger partial charge in [0.25, 0.3) is 0 Å². The largest absolute Gasteiger partial charge is 0.750 e. The molecular formula is C8H10ClN4O3S-. The first-order valence-electron chi connectivity index (χ1n) is 3.95. The summed E-state index contributed by atoms with van der Waals surface area (Å²) in [4.78, 5) is 0. The topological polar surface area (TPSA) is 112 Å². The quantitative estimate of drug-likeness (QED) is 0.706. The number of hydrogen-bond donors (Lipinski definition) is 1. The summed E-state index contributed by atoms with van der Waals surface area (Å²) < 4.78 is 24.1. The molecule has 0 bridgehead atoms. The van der Waals surface area contributed by atoms with Crippen molar-refractivity contribution in [2.24, 2.45) is 0 Å². The van der Waals surface area contributed by atoms with Crippen LogP contribution in [0.5, 0.6) is 0 Å². The zero-order valence-corrected chi connectivity index (χ0v) is 10.1. The number of hydrogen-bond acceptors (Lipinski definition) is 6. The zero-order valence-electron chi connectivity index (χ0n) is 8.49. The third-order valence-electron chi connectivity index (χ3n) is 0.966. The van der Waals surface area contributed by atoms with E-state index in [1.807, 2.05) is 24.3 Å². The second-order valence-corrected chi connectivity index (χ2v) is 2.48. The lowest BCUT2D eigenvalue weighted by atomic mass is 10.6. The van der Waals surface area contributed by atoms with E-state index in [2.05, 4.69) is 20.4 Å². The first-order valence-corrected chi connectivity index (χ1v) is 4.98. The molecule has 9 heteroatoms. The van der Waals surface area contributed by atoms with Crippen LogP contribution in [0, 0.1) is 0 Å². The molecule has 2 aromatic rings. The number of nitrogens with zero attached hydrogens (tertiary/aromatic N) is 4. The van der Waals surface area contributed by atoms with Gasteiger partial charge in [-0.2, -0.15) is 20.4 Å². The molecule has 0 fully saturated rings. The van der Waals surface area contributed by atoms with Gasteiger partial charge in [0.05, 0.1) is 11.4 Å². The molecule has 7 nitrogen and oxygen atoms in total. The third-order valence-corrected chi connectivity index (χ3v) is 0.966. The average molecular weight is 278 g/mol. The van der Waals surface area contributed by atoms with Gasteiger partial charge in [0, 0.05) is 24.8 Å². The normalized spacial score (nSPS) is 9.29. The average Bonchev–Trinajstić information content (AvgIpc) is 2.34. The maximum Gasteiger partial charge on any atom is 0.0814 e. The molecule has 94 valence electrons. The van der Waals surface area contributed by atoms with E-state index in [-0.39, 0.29) is 12.4 Å². The summed E-state index contributed by atoms with van der Waals surface area (Å²) in [5.41, 5.74) is 0. The van der Waals surface area contributed by atoms with Crippen LogP contribution in [0.4, 0.5) is 0 Å². The lowest BCUT2D eigenvalue weighted by Crippen LogP contribution is -1.75. The van der Waals surface area contributed by atoms with Crippen LogP contribution >= 0.6 is 12.4 Å². The van der Waals surface area contributed by atoms with Crippen LogP contribution in [0.2, 0.25) is 0 Å². The Morgan fingerprint density at radius 3 is 1.06 bits per heavy atom. The SMILES string of the molecule is Cl.O=S([O-])O.c1ccnnc1.c1ccnnc1. The summed E-state index contributed by atoms with van der Waals surface area (Å²) in [5, 5.41) is 14.1. The van der Waals surface area contributed by atoms with Gasteiger partial charge in [0.2, 0.25) is 0 Å². The van der Waals surface area contributed by atoms with Crippen molar-refractivity contribution in [1.82, 2.24) is 20.4 Å². The van der Waals surface area contributed by atoms with Crippen molar-refractivity contribution in [2.45, 2.75) is 0 Å². The molecule has 0 spiro atoms. The van der Waals surface area contributed by atoms with Gasteiger partial charge < -0.3 is 9.11 Å². The van der Waals surface area contributed by atoms with Crippen molar-refractivity contribution < 1.29 is 13.3 Å². The minimum absolute atomic E-state index is 0. The third kappa shape index (κ3) is 20.6. The van der Waals surface area contributed by atoms with Crippen LogP contribution in [-0.2, 0) is 11.4 Å². The summed E-state index contributed by atoms with van der Waals surface area (Å²) in [7, 11) is 0. The van der Waals surface area contributed by atoms with Crippen molar-refractivity contribution in [2.75, 3.05) is 0 Å². The summed E-state index contributed by atoms with van der Waals surface area (Å²) >= 11 is -2.86. The van der Waals surface area contributed by atoms with Crippen LogP contribution in [-0.4, -0.2) is 33.7 Å². The van der Waals surface area contributed by atoms with Crippen LogP contribution in [0.15, 0.2) is 49.1 Å². The Morgan fingerprint density at radius 1 is 0.824 bits per heavy atom. The summed E-state index contributed by atoms with van der Waals surface area (Å²) in [5.74, 6) is 0. The van der Waals surface area contributed by atoms with Gasteiger partial charge in [-0.15, -0.1) is 12.4 Å². The van der Waals surface area contributed by atoms with Crippen molar-refractivity contribution >= 4 is 23.8 Å². The Bertz CT molecular complexity index is 279. The number of halogens is 1. The highest BCUT2D eigenvalue weighted by Crippen LogP contribution is 1.68. The molecule has 1 unspecified atom stereocenters. The molecule has 1 atom stereocenters. The van der Waals surface area contributed by atoms with Crippen molar-refractivity contribution in [1.29, 1.82) is 0 Å². The highest BCUT2D eigenvalue weighted by molar-refractivity contribution is 7.73. The molecule has 1 N–H and O–H groups in total. The second kappa shape index (κ2) is 14.5. The van der Waals surface area contributed by atoms with Crippen molar-refractivity contribution in [3.63, 3.8) is 0 Å². The Kier molecular flexibility index (Phi) is 15.3. The van der Waals surface area contributed by atoms with Crippen molar-refractivity contribution in [3.05, 3.63) is 49.1 Å². The van der Waals surface area contributed by atoms with Gasteiger partial charge >= 0.3 is 0 Å². The maximum absolute atomic E-state index is 8.56. The number of aromatic nitrogens is 4. The van der Waals surface area contributed by atoms with Crippen LogP contribution in [0.25, 0.3) is 0 Å². The molecule has 0 aliphatic carbocycles. The molecule has 0 radical (unpaired) electrons. The van der Waals surface area contributed by atoms with E-state index in [0.717, 1.165) is 0 Å². The fourth-order valence-corrected chi connectivity index (χ4v) is 0.507. The first-order chi connectivity index (χ1) is 7.73. The van der Waals surface area contributed by atoms with Gasteiger partial charge in [0.15, 0.2) is 0 Å². The predicted octanol–water partition coefficient (Wildman–Crippen LogP) is 0.714. The second-order valence-electron chi connectivity index (χ2n) is 2.05. The van der Waals surface area contributed by atoms with E-state index in [0.29, 0.717) is 0 Å². The predicted molar refractivity (Wildman–Crippen MR) is 62.9 cm³/mol. The van der Waals surface area contributed by atoms with E-state index in [1.165, 1.54) is 0 Å². The van der Waals surface area contributed by atoms with E-state index in [1.54, 1.807) is 24.8 Å². The highest BCUT2D eigenvalue weighted by atomic mass is 35.5. The van der Waals surface area contributed by atoms with Gasteiger partial charge in [-0.1, -0.05) is 0 Å². The monoisotopic (exact) mass is 277 g/mol. The van der Waals surface area contributed by atoms with Crippen LogP contribution < -0.4 is 0 Å². The summed E-state index contributed by atoms with van der Waals surface area (Å²) in [6.45, 7) is 0. The van der Waals surface area contributed by atoms with Gasteiger partial charge in [-0.25, -0.2) is 4.21 Å². The van der Waals surface area contributed by atoms with E-state index in [9.17, 15) is 0 Å². The highest BCUT2D eigenvalue weighted by Gasteiger charge is 1.60. The molecule has 0 aliphatic rings. The Hall–Kier alpha value is -1.48.